The second kappa shape index (κ2) is 13.0. The molecule has 9 heteroatoms. The first-order valence-electron chi connectivity index (χ1n) is 15.6. The SMILES string of the molecule is CC(=O)c1cc2cnc(Nc3cccc(-c4cccc5c(=O)cc(N6CCOCC6)oc45)c3)nc2n1C1CCCC1.CCC. The van der Waals surface area contributed by atoms with E-state index in [0.717, 1.165) is 53.5 Å². The highest BCUT2D eigenvalue weighted by atomic mass is 16.5. The summed E-state index contributed by atoms with van der Waals surface area (Å²) in [5.74, 6) is 1.06. The molecular formula is C35H39N5O4. The van der Waals surface area contributed by atoms with Gasteiger partial charge in [0.1, 0.15) is 11.2 Å². The average Bonchev–Trinajstić information content (AvgIpc) is 3.70. The number of ether oxygens (including phenoxy) is 1. The lowest BCUT2D eigenvalue weighted by Gasteiger charge is -2.27. The largest absolute Gasteiger partial charge is 0.440 e. The molecular weight excluding hydrogens is 554 g/mol. The second-order valence-electron chi connectivity index (χ2n) is 11.5. The van der Waals surface area contributed by atoms with Crippen molar-refractivity contribution in [2.24, 2.45) is 0 Å². The van der Waals surface area contributed by atoms with Crippen LogP contribution in [0.2, 0.25) is 0 Å². The minimum atomic E-state index is -0.0687. The molecule has 2 aliphatic rings. The normalized spacial score (nSPS) is 15.4. The molecule has 9 nitrogen and oxygen atoms in total. The zero-order valence-electron chi connectivity index (χ0n) is 25.6. The van der Waals surface area contributed by atoms with Crippen LogP contribution < -0.4 is 15.6 Å². The Labute approximate surface area is 256 Å². The number of morpholine rings is 1. The molecule has 0 amide bonds. The maximum Gasteiger partial charge on any atom is 0.229 e. The average molecular weight is 594 g/mol. The summed E-state index contributed by atoms with van der Waals surface area (Å²) in [5.41, 5.74) is 4.49. The summed E-state index contributed by atoms with van der Waals surface area (Å²) in [6.45, 7) is 8.42. The van der Waals surface area contributed by atoms with E-state index in [1.807, 2.05) is 47.4 Å². The molecule has 0 radical (unpaired) electrons. The van der Waals surface area contributed by atoms with Crippen molar-refractivity contribution in [3.05, 3.63) is 76.7 Å². The number of hydrogen-bond donors (Lipinski definition) is 1. The standard InChI is InChI=1S/C32H31N5O4.C3H8/c1-20(38)27-17-22-19-33-32(35-31(22)37(27)24-8-2-3-9-24)34-23-7-4-6-21(16-23)25-10-5-11-26-28(39)18-29(41-30(25)26)36-12-14-40-15-13-36;1-3-2/h4-7,10-11,16-19,24H,2-3,8-9,12-15H2,1H3,(H,33,34,35);3H2,1-2H3. The molecule has 1 N–H and O–H groups in total. The number of hydrogen-bond acceptors (Lipinski definition) is 8. The van der Waals surface area contributed by atoms with E-state index in [4.69, 9.17) is 14.1 Å². The summed E-state index contributed by atoms with van der Waals surface area (Å²) in [5, 5.41) is 4.76. The van der Waals surface area contributed by atoms with E-state index in [2.05, 4.69) is 28.7 Å². The summed E-state index contributed by atoms with van der Waals surface area (Å²) in [4.78, 5) is 36.9. The van der Waals surface area contributed by atoms with Crippen molar-refractivity contribution in [1.29, 1.82) is 0 Å². The third-order valence-corrected chi connectivity index (χ3v) is 8.12. The fraction of sp³-hybridized carbons (Fsp3) is 0.371. The van der Waals surface area contributed by atoms with Gasteiger partial charge in [-0.3, -0.25) is 9.59 Å². The van der Waals surface area contributed by atoms with Crippen LogP contribution in [-0.2, 0) is 4.74 Å². The molecule has 4 heterocycles. The topological polar surface area (TPSA) is 102 Å². The van der Waals surface area contributed by atoms with E-state index in [-0.39, 0.29) is 17.3 Å². The van der Waals surface area contributed by atoms with E-state index in [1.54, 1.807) is 25.3 Å². The molecule has 1 saturated carbocycles. The van der Waals surface area contributed by atoms with Gasteiger partial charge in [0.25, 0.3) is 0 Å². The van der Waals surface area contributed by atoms with Gasteiger partial charge in [-0.05, 0) is 42.7 Å². The molecule has 0 spiro atoms. The van der Waals surface area contributed by atoms with Crippen LogP contribution in [0.1, 0.15) is 69.4 Å². The van der Waals surface area contributed by atoms with Gasteiger partial charge >= 0.3 is 0 Å². The zero-order valence-corrected chi connectivity index (χ0v) is 25.6. The van der Waals surface area contributed by atoms with E-state index in [1.165, 1.54) is 6.42 Å². The number of anilines is 3. The van der Waals surface area contributed by atoms with Gasteiger partial charge in [0, 0.05) is 55.0 Å². The molecule has 3 aromatic heterocycles. The highest BCUT2D eigenvalue weighted by molar-refractivity contribution is 5.98. The lowest BCUT2D eigenvalue weighted by Crippen LogP contribution is -2.36. The first kappa shape index (κ1) is 29.6. The number of para-hydroxylation sites is 1. The predicted molar refractivity (Wildman–Crippen MR) is 175 cm³/mol. The van der Waals surface area contributed by atoms with Crippen LogP contribution >= 0.6 is 0 Å². The minimum Gasteiger partial charge on any atom is -0.440 e. The van der Waals surface area contributed by atoms with E-state index < -0.39 is 0 Å². The van der Waals surface area contributed by atoms with Gasteiger partial charge in [-0.15, -0.1) is 0 Å². The van der Waals surface area contributed by atoms with E-state index in [9.17, 15) is 9.59 Å². The molecule has 7 rings (SSSR count). The fourth-order valence-corrected chi connectivity index (χ4v) is 6.10. The zero-order chi connectivity index (χ0) is 30.6. The van der Waals surface area contributed by atoms with Gasteiger partial charge < -0.3 is 23.9 Å². The molecule has 0 atom stereocenters. The maximum absolute atomic E-state index is 13.0. The summed E-state index contributed by atoms with van der Waals surface area (Å²) in [6.07, 6.45) is 7.44. The van der Waals surface area contributed by atoms with Crippen molar-refractivity contribution in [2.75, 3.05) is 36.5 Å². The number of ketones is 1. The Bertz CT molecular complexity index is 1850. The molecule has 2 aromatic carbocycles. The molecule has 1 saturated heterocycles. The Morgan fingerprint density at radius 3 is 2.52 bits per heavy atom. The number of aromatic nitrogens is 3. The number of Topliss-reactive ketones (excluding diaryl/α,β-unsaturated/α-hetero) is 1. The molecule has 1 aliphatic carbocycles. The highest BCUT2D eigenvalue weighted by Crippen LogP contribution is 2.35. The molecule has 0 bridgehead atoms. The molecule has 0 unspecified atom stereocenters. The summed E-state index contributed by atoms with van der Waals surface area (Å²) >= 11 is 0. The van der Waals surface area contributed by atoms with Crippen LogP contribution in [0.15, 0.2) is 70.0 Å². The Hall–Kier alpha value is -4.50. The van der Waals surface area contributed by atoms with Crippen molar-refractivity contribution in [1.82, 2.24) is 14.5 Å². The van der Waals surface area contributed by atoms with Crippen molar-refractivity contribution in [3.63, 3.8) is 0 Å². The Kier molecular flexibility index (Phi) is 8.74. The van der Waals surface area contributed by atoms with Crippen LogP contribution in [0.25, 0.3) is 33.1 Å². The number of rotatable bonds is 6. The maximum atomic E-state index is 13.0. The van der Waals surface area contributed by atoms with Crippen molar-refractivity contribution >= 4 is 45.3 Å². The van der Waals surface area contributed by atoms with Gasteiger partial charge in [-0.2, -0.15) is 4.98 Å². The third kappa shape index (κ3) is 5.97. The van der Waals surface area contributed by atoms with E-state index in [0.29, 0.717) is 54.8 Å². The van der Waals surface area contributed by atoms with Crippen molar-refractivity contribution in [2.45, 2.75) is 58.9 Å². The van der Waals surface area contributed by atoms with Crippen LogP contribution in [0.3, 0.4) is 0 Å². The third-order valence-electron chi connectivity index (χ3n) is 8.12. The summed E-state index contributed by atoms with van der Waals surface area (Å²) in [7, 11) is 0. The van der Waals surface area contributed by atoms with Gasteiger partial charge in [0.2, 0.25) is 5.95 Å². The van der Waals surface area contributed by atoms with Gasteiger partial charge in [0.05, 0.1) is 24.3 Å². The van der Waals surface area contributed by atoms with Gasteiger partial charge in [-0.1, -0.05) is 57.4 Å². The Morgan fingerprint density at radius 2 is 1.77 bits per heavy atom. The monoisotopic (exact) mass is 593 g/mol. The molecule has 2 fully saturated rings. The summed E-state index contributed by atoms with van der Waals surface area (Å²) in [6, 6.07) is 17.3. The van der Waals surface area contributed by atoms with Crippen molar-refractivity contribution < 1.29 is 13.9 Å². The highest BCUT2D eigenvalue weighted by Gasteiger charge is 2.24. The fourth-order valence-electron chi connectivity index (χ4n) is 6.10. The smallest absolute Gasteiger partial charge is 0.229 e. The quantitative estimate of drug-likeness (QED) is 0.202. The lowest BCUT2D eigenvalue weighted by atomic mass is 10.0. The molecule has 5 aromatic rings. The first-order chi connectivity index (χ1) is 21.5. The molecule has 1 aliphatic heterocycles. The van der Waals surface area contributed by atoms with Gasteiger partial charge in [-0.25, -0.2) is 4.98 Å². The minimum absolute atomic E-state index is 0.0376. The predicted octanol–water partition coefficient (Wildman–Crippen LogP) is 7.52. The van der Waals surface area contributed by atoms with Crippen molar-refractivity contribution in [3.8, 4) is 11.1 Å². The number of nitrogens with zero attached hydrogens (tertiary/aromatic N) is 4. The number of benzene rings is 2. The number of nitrogens with one attached hydrogen (secondary N) is 1. The summed E-state index contributed by atoms with van der Waals surface area (Å²) < 4.78 is 13.9. The van der Waals surface area contributed by atoms with Crippen LogP contribution in [0, 0.1) is 0 Å². The lowest BCUT2D eigenvalue weighted by molar-refractivity contribution is 0.100. The number of carbonyl (C=O) groups is 1. The molecule has 228 valence electrons. The number of fused-ring (bicyclic) bond motifs is 2. The second-order valence-corrected chi connectivity index (χ2v) is 11.5. The van der Waals surface area contributed by atoms with Crippen LogP contribution in [0.4, 0.5) is 17.5 Å². The van der Waals surface area contributed by atoms with Crippen LogP contribution in [-0.4, -0.2) is 46.6 Å². The molecule has 44 heavy (non-hydrogen) atoms. The van der Waals surface area contributed by atoms with Crippen LogP contribution in [0.5, 0.6) is 0 Å². The Balaban J connectivity index is 0.00000110. The number of carbonyl (C=O) groups excluding carboxylic acids is 1. The Morgan fingerprint density at radius 1 is 1.02 bits per heavy atom. The first-order valence-corrected chi connectivity index (χ1v) is 15.6. The van der Waals surface area contributed by atoms with E-state index >= 15 is 0 Å². The van der Waals surface area contributed by atoms with Gasteiger partial charge in [0.15, 0.2) is 17.1 Å².